The molecule has 17 heavy (non-hydrogen) atoms. The van der Waals surface area contributed by atoms with Gasteiger partial charge in [0, 0.05) is 17.3 Å². The van der Waals surface area contributed by atoms with Gasteiger partial charge in [-0.05, 0) is 50.2 Å². The lowest BCUT2D eigenvalue weighted by Gasteiger charge is -2.20. The van der Waals surface area contributed by atoms with Crippen LogP contribution >= 0.6 is 0 Å². The third kappa shape index (κ3) is 2.56. The van der Waals surface area contributed by atoms with Gasteiger partial charge < -0.3 is 10.4 Å². The second-order valence-corrected chi connectivity index (χ2v) is 6.15. The first kappa shape index (κ1) is 12.3. The first-order chi connectivity index (χ1) is 7.89. The van der Waals surface area contributed by atoms with E-state index in [1.807, 2.05) is 19.9 Å². The SMILES string of the molecule is Cc1ccc(NC2CCC(C)(C)C2)c(C)c1O. The Morgan fingerprint density at radius 1 is 1.29 bits per heavy atom. The van der Waals surface area contributed by atoms with Crippen molar-refractivity contribution in [2.24, 2.45) is 5.41 Å². The van der Waals surface area contributed by atoms with Gasteiger partial charge in [0.25, 0.3) is 0 Å². The summed E-state index contributed by atoms with van der Waals surface area (Å²) in [6, 6.07) is 4.60. The van der Waals surface area contributed by atoms with Gasteiger partial charge in [-0.1, -0.05) is 19.9 Å². The van der Waals surface area contributed by atoms with Crippen LogP contribution in [0.3, 0.4) is 0 Å². The maximum absolute atomic E-state index is 9.92. The van der Waals surface area contributed by atoms with E-state index in [-0.39, 0.29) is 0 Å². The van der Waals surface area contributed by atoms with E-state index in [2.05, 4.69) is 25.2 Å². The third-order valence-electron chi connectivity index (χ3n) is 3.96. The van der Waals surface area contributed by atoms with E-state index < -0.39 is 0 Å². The van der Waals surface area contributed by atoms with Gasteiger partial charge in [0.2, 0.25) is 0 Å². The Kier molecular flexibility index (Phi) is 3.07. The van der Waals surface area contributed by atoms with Crippen LogP contribution in [0.4, 0.5) is 5.69 Å². The van der Waals surface area contributed by atoms with Gasteiger partial charge in [0.15, 0.2) is 0 Å². The zero-order chi connectivity index (χ0) is 12.6. The third-order valence-corrected chi connectivity index (χ3v) is 3.96. The zero-order valence-corrected chi connectivity index (χ0v) is 11.3. The molecule has 2 rings (SSSR count). The molecule has 94 valence electrons. The van der Waals surface area contributed by atoms with Crippen molar-refractivity contribution in [1.29, 1.82) is 0 Å². The molecule has 0 heterocycles. The average Bonchev–Trinajstić information content (AvgIpc) is 2.59. The zero-order valence-electron chi connectivity index (χ0n) is 11.3. The molecule has 1 aromatic carbocycles. The largest absolute Gasteiger partial charge is 0.507 e. The predicted octanol–water partition coefficient (Wildman–Crippen LogP) is 4.00. The fourth-order valence-corrected chi connectivity index (χ4v) is 2.77. The monoisotopic (exact) mass is 233 g/mol. The minimum atomic E-state index is 0.423. The number of benzene rings is 1. The summed E-state index contributed by atoms with van der Waals surface area (Å²) in [5.74, 6) is 0.423. The van der Waals surface area contributed by atoms with Crippen molar-refractivity contribution in [2.45, 2.75) is 53.0 Å². The summed E-state index contributed by atoms with van der Waals surface area (Å²) in [4.78, 5) is 0. The summed E-state index contributed by atoms with van der Waals surface area (Å²) < 4.78 is 0. The van der Waals surface area contributed by atoms with E-state index in [0.717, 1.165) is 16.8 Å². The summed E-state index contributed by atoms with van der Waals surface area (Å²) in [7, 11) is 0. The minimum absolute atomic E-state index is 0.423. The number of phenolic OH excluding ortho intramolecular Hbond substituents is 1. The molecular weight excluding hydrogens is 210 g/mol. The number of aromatic hydroxyl groups is 1. The second kappa shape index (κ2) is 4.25. The number of phenols is 1. The van der Waals surface area contributed by atoms with Crippen LogP contribution in [-0.2, 0) is 0 Å². The number of hydrogen-bond donors (Lipinski definition) is 2. The summed E-state index contributed by atoms with van der Waals surface area (Å²) in [6.45, 7) is 8.57. The molecule has 0 aromatic heterocycles. The highest BCUT2D eigenvalue weighted by Crippen LogP contribution is 2.39. The van der Waals surface area contributed by atoms with Crippen LogP contribution in [0.1, 0.15) is 44.2 Å². The van der Waals surface area contributed by atoms with E-state index in [0.29, 0.717) is 17.2 Å². The highest BCUT2D eigenvalue weighted by molar-refractivity contribution is 5.59. The molecular formula is C15H23NO. The number of aryl methyl sites for hydroxylation is 1. The van der Waals surface area contributed by atoms with Crippen molar-refractivity contribution in [3.05, 3.63) is 23.3 Å². The average molecular weight is 233 g/mol. The summed E-state index contributed by atoms with van der Waals surface area (Å²) in [5.41, 5.74) is 3.45. The van der Waals surface area contributed by atoms with E-state index in [1.165, 1.54) is 19.3 Å². The fraction of sp³-hybridized carbons (Fsp3) is 0.600. The van der Waals surface area contributed by atoms with Crippen molar-refractivity contribution >= 4 is 5.69 Å². The predicted molar refractivity (Wildman–Crippen MR) is 72.6 cm³/mol. The Hall–Kier alpha value is -1.18. The maximum atomic E-state index is 9.92. The van der Waals surface area contributed by atoms with Gasteiger partial charge >= 0.3 is 0 Å². The standard InChI is InChI=1S/C15H23NO/c1-10-5-6-13(11(2)14(10)17)16-12-7-8-15(3,4)9-12/h5-6,12,16-17H,7-9H2,1-4H3. The van der Waals surface area contributed by atoms with E-state index in [9.17, 15) is 5.11 Å². The lowest BCUT2D eigenvalue weighted by molar-refractivity contribution is 0.378. The van der Waals surface area contributed by atoms with E-state index >= 15 is 0 Å². The van der Waals surface area contributed by atoms with Crippen LogP contribution in [0.2, 0.25) is 0 Å². The molecule has 2 nitrogen and oxygen atoms in total. The molecule has 1 atom stereocenters. The highest BCUT2D eigenvalue weighted by Gasteiger charge is 2.30. The number of nitrogens with one attached hydrogen (secondary N) is 1. The quantitative estimate of drug-likeness (QED) is 0.809. The van der Waals surface area contributed by atoms with Gasteiger partial charge in [-0.25, -0.2) is 0 Å². The summed E-state index contributed by atoms with van der Waals surface area (Å²) in [5, 5.41) is 13.5. The molecule has 0 saturated heterocycles. The summed E-state index contributed by atoms with van der Waals surface area (Å²) in [6.07, 6.45) is 3.71. The van der Waals surface area contributed by atoms with Crippen molar-refractivity contribution in [1.82, 2.24) is 0 Å². The Morgan fingerprint density at radius 3 is 2.59 bits per heavy atom. The Balaban J connectivity index is 2.13. The van der Waals surface area contributed by atoms with Crippen LogP contribution < -0.4 is 5.32 Å². The minimum Gasteiger partial charge on any atom is -0.507 e. The van der Waals surface area contributed by atoms with Gasteiger partial charge in [-0.2, -0.15) is 0 Å². The molecule has 1 aromatic rings. The Morgan fingerprint density at radius 2 is 2.00 bits per heavy atom. The molecule has 1 aliphatic rings. The molecule has 1 fully saturated rings. The smallest absolute Gasteiger partial charge is 0.123 e. The van der Waals surface area contributed by atoms with Crippen molar-refractivity contribution in [3.8, 4) is 5.75 Å². The molecule has 1 saturated carbocycles. The van der Waals surface area contributed by atoms with E-state index in [1.54, 1.807) is 0 Å². The number of hydrogen-bond acceptors (Lipinski definition) is 2. The first-order valence-electron chi connectivity index (χ1n) is 6.45. The lowest BCUT2D eigenvalue weighted by Crippen LogP contribution is -2.18. The lowest BCUT2D eigenvalue weighted by atomic mass is 9.92. The molecule has 1 aliphatic carbocycles. The fourth-order valence-electron chi connectivity index (χ4n) is 2.77. The van der Waals surface area contributed by atoms with Crippen LogP contribution in [0, 0.1) is 19.3 Å². The first-order valence-corrected chi connectivity index (χ1v) is 6.45. The van der Waals surface area contributed by atoms with Crippen molar-refractivity contribution < 1.29 is 5.11 Å². The molecule has 2 N–H and O–H groups in total. The topological polar surface area (TPSA) is 32.3 Å². The number of anilines is 1. The van der Waals surface area contributed by atoms with Crippen LogP contribution in [0.15, 0.2) is 12.1 Å². The van der Waals surface area contributed by atoms with Crippen LogP contribution in [0.5, 0.6) is 5.75 Å². The van der Waals surface area contributed by atoms with Gasteiger partial charge in [-0.3, -0.25) is 0 Å². The molecule has 0 radical (unpaired) electrons. The molecule has 1 unspecified atom stereocenters. The van der Waals surface area contributed by atoms with Crippen molar-refractivity contribution in [2.75, 3.05) is 5.32 Å². The van der Waals surface area contributed by atoms with Gasteiger partial charge in [-0.15, -0.1) is 0 Å². The highest BCUT2D eigenvalue weighted by atomic mass is 16.3. The van der Waals surface area contributed by atoms with E-state index in [4.69, 9.17) is 0 Å². The normalized spacial score (nSPS) is 22.7. The summed E-state index contributed by atoms with van der Waals surface area (Å²) >= 11 is 0. The molecule has 0 aliphatic heterocycles. The van der Waals surface area contributed by atoms with Gasteiger partial charge in [0.05, 0.1) is 0 Å². The van der Waals surface area contributed by atoms with Crippen LogP contribution in [-0.4, -0.2) is 11.1 Å². The molecule has 0 bridgehead atoms. The second-order valence-electron chi connectivity index (χ2n) is 6.15. The Bertz CT molecular complexity index is 423. The Labute approximate surface area is 104 Å². The molecule has 0 amide bonds. The number of rotatable bonds is 2. The van der Waals surface area contributed by atoms with Gasteiger partial charge in [0.1, 0.15) is 5.75 Å². The van der Waals surface area contributed by atoms with Crippen molar-refractivity contribution in [3.63, 3.8) is 0 Å². The van der Waals surface area contributed by atoms with Crippen LogP contribution in [0.25, 0.3) is 0 Å². The molecule has 2 heteroatoms. The molecule has 0 spiro atoms. The maximum Gasteiger partial charge on any atom is 0.123 e.